The number of aliphatic hydroxyl groups excluding tert-OH is 1. The molecule has 4 unspecified atom stereocenters. The number of aliphatic hydroxyl groups is 1. The molecule has 1 fully saturated rings. The molecule has 2 aliphatic rings. The zero-order valence-electron chi connectivity index (χ0n) is 12.4. The van der Waals surface area contributed by atoms with Gasteiger partial charge in [-0.05, 0) is 49.1 Å². The predicted octanol–water partition coefficient (Wildman–Crippen LogP) is 4.02. The Balaban J connectivity index is 1.70. The lowest BCUT2D eigenvalue weighted by atomic mass is 9.88. The summed E-state index contributed by atoms with van der Waals surface area (Å²) in [5, 5.41) is 10.7. The zero-order chi connectivity index (χ0) is 13.9. The highest BCUT2D eigenvalue weighted by Gasteiger charge is 2.30. The van der Waals surface area contributed by atoms with E-state index in [2.05, 4.69) is 25.1 Å². The van der Waals surface area contributed by atoms with Gasteiger partial charge in [-0.25, -0.2) is 0 Å². The summed E-state index contributed by atoms with van der Waals surface area (Å²) < 4.78 is 6.30. The van der Waals surface area contributed by atoms with Crippen molar-refractivity contribution in [3.05, 3.63) is 35.4 Å². The molecule has 4 atom stereocenters. The summed E-state index contributed by atoms with van der Waals surface area (Å²) in [5.41, 5.74) is 2.38. The Morgan fingerprint density at radius 2 is 1.95 bits per heavy atom. The van der Waals surface area contributed by atoms with E-state index >= 15 is 0 Å². The van der Waals surface area contributed by atoms with Crippen molar-refractivity contribution in [2.24, 2.45) is 5.92 Å². The first-order valence-electron chi connectivity index (χ1n) is 8.15. The maximum Gasteiger partial charge on any atom is 0.105 e. The molecule has 0 spiro atoms. The molecule has 0 amide bonds. The maximum atomic E-state index is 10.7. The van der Waals surface area contributed by atoms with E-state index in [1.807, 2.05) is 6.07 Å². The van der Waals surface area contributed by atoms with Crippen LogP contribution in [-0.2, 0) is 11.2 Å². The van der Waals surface area contributed by atoms with E-state index in [1.54, 1.807) is 0 Å². The fourth-order valence-electron chi connectivity index (χ4n) is 3.79. The third kappa shape index (κ3) is 3.07. The molecular weight excluding hydrogens is 248 g/mol. The summed E-state index contributed by atoms with van der Waals surface area (Å²) in [6.45, 7) is 2.31. The van der Waals surface area contributed by atoms with Crippen LogP contribution < -0.4 is 0 Å². The molecule has 2 heteroatoms. The number of rotatable bonds is 2. The van der Waals surface area contributed by atoms with Gasteiger partial charge in [-0.2, -0.15) is 0 Å². The summed E-state index contributed by atoms with van der Waals surface area (Å²) in [7, 11) is 0. The second kappa shape index (κ2) is 6.28. The van der Waals surface area contributed by atoms with E-state index in [1.165, 1.54) is 18.4 Å². The summed E-state index contributed by atoms with van der Waals surface area (Å²) in [6, 6.07) is 8.29. The van der Waals surface area contributed by atoms with Crippen LogP contribution in [0.3, 0.4) is 0 Å². The first-order valence-corrected chi connectivity index (χ1v) is 8.15. The average molecular weight is 274 g/mol. The molecule has 1 aromatic carbocycles. The van der Waals surface area contributed by atoms with Crippen LogP contribution in [0.4, 0.5) is 0 Å². The van der Waals surface area contributed by atoms with E-state index in [0.29, 0.717) is 6.10 Å². The molecule has 0 radical (unpaired) electrons. The number of ether oxygens (including phenoxy) is 1. The minimum atomic E-state index is -0.453. The van der Waals surface area contributed by atoms with Crippen LogP contribution in [0.5, 0.6) is 0 Å². The lowest BCUT2D eigenvalue weighted by Gasteiger charge is -2.32. The second-order valence-electron chi connectivity index (χ2n) is 6.60. The van der Waals surface area contributed by atoms with Crippen LogP contribution in [0, 0.1) is 5.92 Å². The van der Waals surface area contributed by atoms with Crippen molar-refractivity contribution in [1.82, 2.24) is 0 Å². The van der Waals surface area contributed by atoms with Crippen molar-refractivity contribution in [1.29, 1.82) is 0 Å². The minimum absolute atomic E-state index is 0.0195. The van der Waals surface area contributed by atoms with Crippen LogP contribution in [-0.4, -0.2) is 17.3 Å². The normalized spacial score (nSPS) is 34.3. The summed E-state index contributed by atoms with van der Waals surface area (Å²) in [4.78, 5) is 0. The quantitative estimate of drug-likeness (QED) is 0.825. The molecule has 3 rings (SSSR count). The number of benzene rings is 1. The highest BCUT2D eigenvalue weighted by Crippen LogP contribution is 2.34. The van der Waals surface area contributed by atoms with Gasteiger partial charge in [-0.3, -0.25) is 0 Å². The smallest absolute Gasteiger partial charge is 0.105 e. The molecule has 0 aliphatic heterocycles. The third-order valence-corrected chi connectivity index (χ3v) is 4.92. The van der Waals surface area contributed by atoms with Crippen LogP contribution >= 0.6 is 0 Å². The molecule has 0 bridgehead atoms. The summed E-state index contributed by atoms with van der Waals surface area (Å²) in [5.74, 6) is 0.768. The Morgan fingerprint density at radius 1 is 1.10 bits per heavy atom. The molecule has 1 aromatic rings. The SMILES string of the molecule is CC1CCCC(OC2CCCc3ccccc3C2O)C1. The first kappa shape index (κ1) is 14.1. The maximum absolute atomic E-state index is 10.7. The summed E-state index contributed by atoms with van der Waals surface area (Å²) >= 11 is 0. The van der Waals surface area contributed by atoms with Crippen LogP contribution in [0.25, 0.3) is 0 Å². The van der Waals surface area contributed by atoms with Gasteiger partial charge in [0.1, 0.15) is 6.10 Å². The highest BCUT2D eigenvalue weighted by molar-refractivity contribution is 5.31. The first-order chi connectivity index (χ1) is 9.74. The second-order valence-corrected chi connectivity index (χ2v) is 6.60. The topological polar surface area (TPSA) is 29.5 Å². The van der Waals surface area contributed by atoms with Crippen molar-refractivity contribution >= 4 is 0 Å². The minimum Gasteiger partial charge on any atom is -0.386 e. The largest absolute Gasteiger partial charge is 0.386 e. The monoisotopic (exact) mass is 274 g/mol. The van der Waals surface area contributed by atoms with Crippen LogP contribution in [0.15, 0.2) is 24.3 Å². The van der Waals surface area contributed by atoms with Gasteiger partial charge in [-0.15, -0.1) is 0 Å². The Bertz CT molecular complexity index is 443. The summed E-state index contributed by atoms with van der Waals surface area (Å²) in [6.07, 6.45) is 7.94. The Hall–Kier alpha value is -0.860. The van der Waals surface area contributed by atoms with Crippen molar-refractivity contribution in [3.63, 3.8) is 0 Å². The number of fused-ring (bicyclic) bond motifs is 1. The van der Waals surface area contributed by atoms with E-state index in [4.69, 9.17) is 4.74 Å². The third-order valence-electron chi connectivity index (χ3n) is 4.92. The molecule has 0 aromatic heterocycles. The van der Waals surface area contributed by atoms with Gasteiger partial charge >= 0.3 is 0 Å². The lowest BCUT2D eigenvalue weighted by molar-refractivity contribution is -0.0959. The Morgan fingerprint density at radius 3 is 2.80 bits per heavy atom. The van der Waals surface area contributed by atoms with Crippen molar-refractivity contribution in [3.8, 4) is 0 Å². The fraction of sp³-hybridized carbons (Fsp3) is 0.667. The molecule has 1 N–H and O–H groups in total. The number of aryl methyl sites for hydroxylation is 1. The van der Waals surface area contributed by atoms with Gasteiger partial charge in [0, 0.05) is 0 Å². The Kier molecular flexibility index (Phi) is 4.42. The predicted molar refractivity (Wildman–Crippen MR) is 80.6 cm³/mol. The molecule has 2 nitrogen and oxygen atoms in total. The standard InChI is InChI=1S/C18H26O2/c1-13-6-4-9-15(12-13)20-17-11-5-8-14-7-2-3-10-16(14)18(17)19/h2-3,7,10,13,15,17-19H,4-6,8-9,11-12H2,1H3. The van der Waals surface area contributed by atoms with Crippen molar-refractivity contribution in [2.45, 2.75) is 70.2 Å². The molecule has 20 heavy (non-hydrogen) atoms. The molecular formula is C18H26O2. The van der Waals surface area contributed by atoms with Gasteiger partial charge in [0.2, 0.25) is 0 Å². The molecule has 0 heterocycles. The average Bonchev–Trinajstić information content (AvgIpc) is 2.60. The van der Waals surface area contributed by atoms with Crippen LogP contribution in [0.1, 0.15) is 62.7 Å². The molecule has 1 saturated carbocycles. The van der Waals surface area contributed by atoms with Gasteiger partial charge in [0.05, 0.1) is 12.2 Å². The highest BCUT2D eigenvalue weighted by atomic mass is 16.5. The van der Waals surface area contributed by atoms with Gasteiger partial charge in [0.15, 0.2) is 0 Å². The van der Waals surface area contributed by atoms with Gasteiger partial charge in [-0.1, -0.05) is 44.0 Å². The lowest BCUT2D eigenvalue weighted by Crippen LogP contribution is -2.30. The number of hydrogen-bond donors (Lipinski definition) is 1. The molecule has 110 valence electrons. The van der Waals surface area contributed by atoms with Crippen LogP contribution in [0.2, 0.25) is 0 Å². The van der Waals surface area contributed by atoms with Crippen molar-refractivity contribution < 1.29 is 9.84 Å². The number of hydrogen-bond acceptors (Lipinski definition) is 2. The van der Waals surface area contributed by atoms with E-state index in [9.17, 15) is 5.11 Å². The Labute approximate surface area is 122 Å². The van der Waals surface area contributed by atoms with Crippen molar-refractivity contribution in [2.75, 3.05) is 0 Å². The molecule has 0 saturated heterocycles. The van der Waals surface area contributed by atoms with E-state index in [0.717, 1.165) is 43.6 Å². The van der Waals surface area contributed by atoms with E-state index < -0.39 is 6.10 Å². The fourth-order valence-corrected chi connectivity index (χ4v) is 3.79. The van der Waals surface area contributed by atoms with Gasteiger partial charge in [0.25, 0.3) is 0 Å². The zero-order valence-corrected chi connectivity index (χ0v) is 12.4. The van der Waals surface area contributed by atoms with Gasteiger partial charge < -0.3 is 9.84 Å². The molecule has 2 aliphatic carbocycles. The van der Waals surface area contributed by atoms with E-state index in [-0.39, 0.29) is 6.10 Å².